The standard InChI is InChI=1S/C14H20ClN3O4/c1-14(2,3)22-13(21)18(4)6-5-16-11(19)9-7-10(15)12(20)17-8-9/h7-8H,5-6H2,1-4H3,(H,16,19)(H,17,20). The topological polar surface area (TPSA) is 91.5 Å². The van der Waals surface area contributed by atoms with Gasteiger partial charge in [0.15, 0.2) is 0 Å². The zero-order valence-electron chi connectivity index (χ0n) is 13.0. The molecule has 1 heterocycles. The molecule has 0 saturated heterocycles. The van der Waals surface area contributed by atoms with Crippen molar-refractivity contribution in [2.45, 2.75) is 26.4 Å². The Morgan fingerprint density at radius 2 is 2.05 bits per heavy atom. The molecule has 0 unspecified atom stereocenters. The van der Waals surface area contributed by atoms with Gasteiger partial charge in [-0.05, 0) is 26.8 Å². The highest BCUT2D eigenvalue weighted by atomic mass is 35.5. The van der Waals surface area contributed by atoms with Crippen LogP contribution in [-0.4, -0.2) is 47.6 Å². The minimum atomic E-state index is -0.568. The van der Waals surface area contributed by atoms with E-state index in [9.17, 15) is 14.4 Å². The molecule has 0 atom stereocenters. The van der Waals surface area contributed by atoms with Crippen molar-refractivity contribution >= 4 is 23.6 Å². The van der Waals surface area contributed by atoms with Crippen LogP contribution in [0.15, 0.2) is 17.1 Å². The van der Waals surface area contributed by atoms with E-state index < -0.39 is 23.2 Å². The molecule has 8 heteroatoms. The van der Waals surface area contributed by atoms with Gasteiger partial charge in [0.2, 0.25) is 0 Å². The van der Waals surface area contributed by atoms with Crippen LogP contribution in [0, 0.1) is 0 Å². The zero-order valence-corrected chi connectivity index (χ0v) is 13.8. The number of hydrogen-bond donors (Lipinski definition) is 2. The van der Waals surface area contributed by atoms with E-state index in [1.165, 1.54) is 17.2 Å². The van der Waals surface area contributed by atoms with Crippen LogP contribution >= 0.6 is 11.6 Å². The maximum atomic E-state index is 11.9. The van der Waals surface area contributed by atoms with Gasteiger partial charge >= 0.3 is 6.09 Å². The first-order valence-corrected chi connectivity index (χ1v) is 7.08. The van der Waals surface area contributed by atoms with Gasteiger partial charge in [-0.1, -0.05) is 11.6 Å². The van der Waals surface area contributed by atoms with Crippen molar-refractivity contribution in [1.29, 1.82) is 0 Å². The number of carbonyl (C=O) groups excluding carboxylic acids is 2. The summed E-state index contributed by atoms with van der Waals surface area (Å²) in [4.78, 5) is 38.4. The largest absolute Gasteiger partial charge is 0.444 e. The van der Waals surface area contributed by atoms with Crippen LogP contribution in [0.1, 0.15) is 31.1 Å². The van der Waals surface area contributed by atoms with Gasteiger partial charge in [0.25, 0.3) is 11.5 Å². The van der Waals surface area contributed by atoms with Gasteiger partial charge in [-0.3, -0.25) is 9.59 Å². The fourth-order valence-corrected chi connectivity index (χ4v) is 1.63. The molecule has 2 amide bonds. The number of nitrogens with one attached hydrogen (secondary N) is 2. The molecule has 0 aromatic carbocycles. The van der Waals surface area contributed by atoms with Gasteiger partial charge in [-0.2, -0.15) is 0 Å². The first-order valence-electron chi connectivity index (χ1n) is 6.70. The van der Waals surface area contributed by atoms with Gasteiger partial charge in [0, 0.05) is 26.3 Å². The molecular weight excluding hydrogens is 310 g/mol. The lowest BCUT2D eigenvalue weighted by Gasteiger charge is -2.24. The average molecular weight is 330 g/mol. The highest BCUT2D eigenvalue weighted by Crippen LogP contribution is 2.08. The van der Waals surface area contributed by atoms with Crippen LogP contribution in [0.25, 0.3) is 0 Å². The van der Waals surface area contributed by atoms with Crippen molar-refractivity contribution in [3.05, 3.63) is 33.2 Å². The van der Waals surface area contributed by atoms with Gasteiger partial charge < -0.3 is 19.9 Å². The van der Waals surface area contributed by atoms with Gasteiger partial charge in [-0.15, -0.1) is 0 Å². The summed E-state index contributed by atoms with van der Waals surface area (Å²) in [7, 11) is 1.58. The minimum absolute atomic E-state index is 0.0569. The lowest BCUT2D eigenvalue weighted by atomic mass is 10.2. The summed E-state index contributed by atoms with van der Waals surface area (Å²) in [5.41, 5.74) is -0.784. The first kappa shape index (κ1) is 18.0. The zero-order chi connectivity index (χ0) is 16.9. The predicted octanol–water partition coefficient (Wildman–Crippen LogP) is 1.62. The van der Waals surface area contributed by atoms with Crippen LogP contribution in [0.2, 0.25) is 5.02 Å². The molecule has 0 fully saturated rings. The van der Waals surface area contributed by atoms with Crippen molar-refractivity contribution < 1.29 is 14.3 Å². The number of carbonyl (C=O) groups is 2. The van der Waals surface area contributed by atoms with Crippen LogP contribution < -0.4 is 10.9 Å². The summed E-state index contributed by atoms with van der Waals surface area (Å²) in [5, 5.41) is 2.57. The van der Waals surface area contributed by atoms with Crippen molar-refractivity contribution in [2.75, 3.05) is 20.1 Å². The first-order chi connectivity index (χ1) is 10.1. The van der Waals surface area contributed by atoms with Crippen molar-refractivity contribution in [3.63, 3.8) is 0 Å². The Morgan fingerprint density at radius 1 is 1.41 bits per heavy atom. The fourth-order valence-electron chi connectivity index (χ4n) is 1.46. The van der Waals surface area contributed by atoms with E-state index in [2.05, 4.69) is 10.3 Å². The Balaban J connectivity index is 2.46. The lowest BCUT2D eigenvalue weighted by Crippen LogP contribution is -2.39. The SMILES string of the molecule is CN(CCNC(=O)c1c[nH]c(=O)c(Cl)c1)C(=O)OC(C)(C)C. The molecule has 1 aromatic rings. The van der Waals surface area contributed by atoms with Crippen molar-refractivity contribution in [1.82, 2.24) is 15.2 Å². The van der Waals surface area contributed by atoms with Crippen molar-refractivity contribution in [3.8, 4) is 0 Å². The molecule has 0 radical (unpaired) electrons. The Labute approximate surface area is 133 Å². The Morgan fingerprint density at radius 3 is 2.59 bits per heavy atom. The van der Waals surface area contributed by atoms with Crippen LogP contribution in [0.3, 0.4) is 0 Å². The summed E-state index contributed by atoms with van der Waals surface area (Å²) in [6, 6.07) is 1.29. The predicted molar refractivity (Wildman–Crippen MR) is 83.3 cm³/mol. The van der Waals surface area contributed by atoms with Gasteiger partial charge in [-0.25, -0.2) is 4.79 Å². The number of pyridine rings is 1. The molecule has 0 saturated carbocycles. The third-order valence-electron chi connectivity index (χ3n) is 2.56. The molecule has 0 aliphatic heterocycles. The Kier molecular flexibility index (Phi) is 5.99. The van der Waals surface area contributed by atoms with Crippen LogP contribution in [0.4, 0.5) is 4.79 Å². The number of amides is 2. The Hall–Kier alpha value is -2.02. The second-order valence-electron chi connectivity index (χ2n) is 5.72. The maximum absolute atomic E-state index is 11.9. The molecule has 22 heavy (non-hydrogen) atoms. The molecule has 2 N–H and O–H groups in total. The average Bonchev–Trinajstić information content (AvgIpc) is 2.39. The number of halogens is 1. The molecular formula is C14H20ClN3O4. The summed E-state index contributed by atoms with van der Waals surface area (Å²) in [6.45, 7) is 5.87. The van der Waals surface area contributed by atoms with E-state index in [0.717, 1.165) is 0 Å². The molecule has 122 valence electrons. The van der Waals surface area contributed by atoms with E-state index in [0.29, 0.717) is 0 Å². The molecule has 0 bridgehead atoms. The normalized spacial score (nSPS) is 11.0. The smallest absolute Gasteiger partial charge is 0.410 e. The number of likely N-dealkylation sites (N-methyl/N-ethyl adjacent to an activating group) is 1. The van der Waals surface area contributed by atoms with Crippen LogP contribution in [-0.2, 0) is 4.74 Å². The summed E-state index contributed by atoms with van der Waals surface area (Å²) < 4.78 is 5.19. The number of ether oxygens (including phenoxy) is 1. The Bertz CT molecular complexity index is 607. The quantitative estimate of drug-likeness (QED) is 0.878. The third-order valence-corrected chi connectivity index (χ3v) is 2.84. The van der Waals surface area contributed by atoms with E-state index in [1.807, 2.05) is 0 Å². The van der Waals surface area contributed by atoms with Crippen molar-refractivity contribution in [2.24, 2.45) is 0 Å². The monoisotopic (exact) mass is 329 g/mol. The molecule has 1 rings (SSSR count). The number of nitrogens with zero attached hydrogens (tertiary/aromatic N) is 1. The molecule has 0 aliphatic carbocycles. The highest BCUT2D eigenvalue weighted by Gasteiger charge is 2.19. The number of rotatable bonds is 4. The van der Waals surface area contributed by atoms with E-state index >= 15 is 0 Å². The summed E-state index contributed by atoms with van der Waals surface area (Å²) >= 11 is 5.65. The third kappa shape index (κ3) is 5.77. The van der Waals surface area contributed by atoms with E-state index in [4.69, 9.17) is 16.3 Å². The molecule has 0 spiro atoms. The van der Waals surface area contributed by atoms with E-state index in [1.54, 1.807) is 27.8 Å². The second-order valence-corrected chi connectivity index (χ2v) is 6.13. The van der Waals surface area contributed by atoms with Gasteiger partial charge in [0.1, 0.15) is 10.6 Å². The summed E-state index contributed by atoms with van der Waals surface area (Å²) in [5.74, 6) is -0.393. The van der Waals surface area contributed by atoms with Gasteiger partial charge in [0.05, 0.1) is 5.56 Å². The maximum Gasteiger partial charge on any atom is 0.410 e. The molecule has 0 aliphatic rings. The fraction of sp³-hybridized carbons (Fsp3) is 0.500. The minimum Gasteiger partial charge on any atom is -0.444 e. The van der Waals surface area contributed by atoms with E-state index in [-0.39, 0.29) is 23.7 Å². The number of aromatic amines is 1. The molecule has 7 nitrogen and oxygen atoms in total. The number of hydrogen-bond acceptors (Lipinski definition) is 4. The molecule has 1 aromatic heterocycles. The number of aromatic nitrogens is 1. The lowest BCUT2D eigenvalue weighted by molar-refractivity contribution is 0.0299. The second kappa shape index (κ2) is 7.31. The number of H-pyrrole nitrogens is 1. The van der Waals surface area contributed by atoms with Crippen LogP contribution in [0.5, 0.6) is 0 Å². The summed E-state index contributed by atoms with van der Waals surface area (Å²) in [6.07, 6.45) is 0.815. The highest BCUT2D eigenvalue weighted by molar-refractivity contribution is 6.30.